The molecule has 1 atom stereocenters. The lowest BCUT2D eigenvalue weighted by molar-refractivity contribution is -0.119. The molecule has 1 rings (SSSR count). The predicted molar refractivity (Wildman–Crippen MR) is 50.9 cm³/mol. The zero-order valence-electron chi connectivity index (χ0n) is 8.11. The molecule has 0 spiro atoms. The van der Waals surface area contributed by atoms with Gasteiger partial charge in [0.1, 0.15) is 5.78 Å². The van der Waals surface area contributed by atoms with Crippen LogP contribution in [0.15, 0.2) is 23.3 Å². The van der Waals surface area contributed by atoms with Crippen LogP contribution in [0.3, 0.4) is 0 Å². The number of rotatable bonds is 1. The van der Waals surface area contributed by atoms with E-state index < -0.39 is 0 Å². The van der Waals surface area contributed by atoms with E-state index in [0.29, 0.717) is 24.5 Å². The van der Waals surface area contributed by atoms with Crippen molar-refractivity contribution < 1.29 is 4.79 Å². The molecule has 0 fully saturated rings. The minimum absolute atomic E-state index is 0.353. The first-order chi connectivity index (χ1) is 5.52. The van der Waals surface area contributed by atoms with E-state index in [1.807, 2.05) is 6.92 Å². The Kier molecular flexibility index (Phi) is 2.51. The quantitative estimate of drug-likeness (QED) is 0.582. The monoisotopic (exact) mass is 164 g/mol. The summed E-state index contributed by atoms with van der Waals surface area (Å²) in [6.45, 7) is 10.1. The highest BCUT2D eigenvalue weighted by Gasteiger charge is 2.21. The highest BCUT2D eigenvalue weighted by molar-refractivity contribution is 5.84. The predicted octanol–water partition coefficient (Wildman–Crippen LogP) is 2.88. The van der Waals surface area contributed by atoms with Gasteiger partial charge in [0.05, 0.1) is 0 Å². The van der Waals surface area contributed by atoms with Crippen LogP contribution in [0.2, 0.25) is 0 Å². The zero-order valence-corrected chi connectivity index (χ0v) is 8.11. The van der Waals surface area contributed by atoms with Crippen LogP contribution in [0.4, 0.5) is 0 Å². The van der Waals surface area contributed by atoms with Gasteiger partial charge in [0.25, 0.3) is 0 Å². The number of carbonyl (C=O) groups excluding carboxylic acids is 1. The van der Waals surface area contributed by atoms with Gasteiger partial charge >= 0.3 is 0 Å². The van der Waals surface area contributed by atoms with E-state index in [4.69, 9.17) is 0 Å². The Bertz CT molecular complexity index is 258. The van der Waals surface area contributed by atoms with Crippen LogP contribution in [-0.4, -0.2) is 5.78 Å². The second kappa shape index (κ2) is 3.26. The van der Waals surface area contributed by atoms with Gasteiger partial charge in [0.15, 0.2) is 0 Å². The fourth-order valence-electron chi connectivity index (χ4n) is 1.69. The van der Waals surface area contributed by atoms with Gasteiger partial charge in [-0.15, -0.1) is 0 Å². The number of hydrogen-bond acceptors (Lipinski definition) is 1. The van der Waals surface area contributed by atoms with E-state index in [9.17, 15) is 4.79 Å². The maximum Gasteiger partial charge on any atom is 0.137 e. The highest BCUT2D eigenvalue weighted by Crippen LogP contribution is 2.30. The van der Waals surface area contributed by atoms with E-state index in [1.165, 1.54) is 11.1 Å². The van der Waals surface area contributed by atoms with E-state index in [1.54, 1.807) is 0 Å². The Labute approximate surface area is 74.2 Å². The highest BCUT2D eigenvalue weighted by atomic mass is 16.1. The maximum absolute atomic E-state index is 11.3. The molecule has 0 aromatic rings. The van der Waals surface area contributed by atoms with Gasteiger partial charge in [0.2, 0.25) is 0 Å². The van der Waals surface area contributed by atoms with E-state index in [2.05, 4.69) is 20.4 Å². The molecule has 0 aliphatic heterocycles. The Morgan fingerprint density at radius 1 is 1.58 bits per heavy atom. The minimum Gasteiger partial charge on any atom is -0.299 e. The van der Waals surface area contributed by atoms with Gasteiger partial charge in [0, 0.05) is 12.8 Å². The number of hydrogen-bond donors (Lipinski definition) is 0. The fourth-order valence-corrected chi connectivity index (χ4v) is 1.69. The molecule has 1 unspecified atom stereocenters. The van der Waals surface area contributed by atoms with Crippen LogP contribution in [0, 0.1) is 5.92 Å². The first-order valence-corrected chi connectivity index (χ1v) is 4.39. The summed E-state index contributed by atoms with van der Waals surface area (Å²) in [5.41, 5.74) is 3.58. The van der Waals surface area contributed by atoms with Crippen molar-refractivity contribution in [2.45, 2.75) is 33.6 Å². The van der Waals surface area contributed by atoms with Crippen LogP contribution in [0.5, 0.6) is 0 Å². The topological polar surface area (TPSA) is 17.1 Å². The summed E-state index contributed by atoms with van der Waals surface area (Å²) in [4.78, 5) is 11.3. The molecule has 0 saturated carbocycles. The molecule has 66 valence electrons. The summed E-state index contributed by atoms with van der Waals surface area (Å²) in [6.07, 6.45) is 1.31. The van der Waals surface area contributed by atoms with Crippen LogP contribution in [-0.2, 0) is 4.79 Å². The van der Waals surface area contributed by atoms with Crippen LogP contribution in [0.25, 0.3) is 0 Å². The lowest BCUT2D eigenvalue weighted by atomic mass is 9.82. The normalized spacial score (nSPS) is 24.6. The fraction of sp³-hybridized carbons (Fsp3) is 0.545. The lowest BCUT2D eigenvalue weighted by Gasteiger charge is -2.22. The van der Waals surface area contributed by atoms with Gasteiger partial charge in [-0.2, -0.15) is 0 Å². The smallest absolute Gasteiger partial charge is 0.137 e. The third-order valence-corrected chi connectivity index (χ3v) is 2.64. The molecule has 0 aromatic carbocycles. The molecule has 1 nitrogen and oxygen atoms in total. The maximum atomic E-state index is 11.3. The molecule has 0 radical (unpaired) electrons. The van der Waals surface area contributed by atoms with Crippen molar-refractivity contribution in [2.75, 3.05) is 0 Å². The molecule has 0 heterocycles. The van der Waals surface area contributed by atoms with Gasteiger partial charge in [-0.25, -0.2) is 0 Å². The summed E-state index contributed by atoms with van der Waals surface area (Å²) in [6, 6.07) is 0. The van der Waals surface area contributed by atoms with Crippen molar-refractivity contribution in [1.29, 1.82) is 0 Å². The summed E-state index contributed by atoms with van der Waals surface area (Å²) >= 11 is 0. The van der Waals surface area contributed by atoms with Crippen LogP contribution in [0.1, 0.15) is 33.6 Å². The van der Waals surface area contributed by atoms with Crippen molar-refractivity contribution in [3.63, 3.8) is 0 Å². The van der Waals surface area contributed by atoms with Gasteiger partial charge < -0.3 is 0 Å². The van der Waals surface area contributed by atoms with Gasteiger partial charge in [-0.1, -0.05) is 24.6 Å². The Morgan fingerprint density at radius 3 is 2.67 bits per heavy atom. The lowest BCUT2D eigenvalue weighted by Crippen LogP contribution is -2.16. The van der Waals surface area contributed by atoms with Crippen molar-refractivity contribution >= 4 is 5.78 Å². The first-order valence-electron chi connectivity index (χ1n) is 4.39. The number of carbonyl (C=O) groups is 1. The second-order valence-electron chi connectivity index (χ2n) is 3.76. The number of ketones is 1. The average Bonchev–Trinajstić information content (AvgIpc) is 1.96. The van der Waals surface area contributed by atoms with Gasteiger partial charge in [-0.05, 0) is 25.3 Å². The molecule has 0 aromatic heterocycles. The molecule has 1 aliphatic carbocycles. The molecular weight excluding hydrogens is 148 g/mol. The summed E-state index contributed by atoms with van der Waals surface area (Å²) in [5, 5.41) is 0. The van der Waals surface area contributed by atoms with Gasteiger partial charge in [-0.3, -0.25) is 4.79 Å². The first kappa shape index (κ1) is 9.24. The molecular formula is C11H16O. The van der Waals surface area contributed by atoms with Crippen molar-refractivity contribution in [3.8, 4) is 0 Å². The zero-order chi connectivity index (χ0) is 9.30. The molecule has 1 heteroatoms. The third kappa shape index (κ3) is 1.66. The Morgan fingerprint density at radius 2 is 2.17 bits per heavy atom. The van der Waals surface area contributed by atoms with Crippen molar-refractivity contribution in [2.24, 2.45) is 5.92 Å². The third-order valence-electron chi connectivity index (χ3n) is 2.64. The largest absolute Gasteiger partial charge is 0.299 e. The molecule has 12 heavy (non-hydrogen) atoms. The molecule has 0 saturated heterocycles. The second-order valence-corrected chi connectivity index (χ2v) is 3.76. The average molecular weight is 164 g/mol. The van der Waals surface area contributed by atoms with Crippen LogP contribution < -0.4 is 0 Å². The molecule has 0 bridgehead atoms. The van der Waals surface area contributed by atoms with E-state index in [-0.39, 0.29) is 0 Å². The number of allylic oxidation sites excluding steroid dienone is 3. The molecule has 1 aliphatic rings. The standard InChI is InChI=1S/C11H16O/c1-7(2)11-6-10(12)5-8(3)9(11)4/h8H,1,5-6H2,2-4H3. The number of Topliss-reactive ketones (excluding diaryl/α,β-unsaturated/α-hetero) is 1. The minimum atomic E-state index is 0.353. The summed E-state index contributed by atoms with van der Waals surface area (Å²) in [5.74, 6) is 0.768. The van der Waals surface area contributed by atoms with Crippen LogP contribution >= 0.6 is 0 Å². The van der Waals surface area contributed by atoms with Crippen molar-refractivity contribution in [1.82, 2.24) is 0 Å². The Balaban J connectivity index is 3.00. The van der Waals surface area contributed by atoms with Crippen molar-refractivity contribution in [3.05, 3.63) is 23.3 Å². The summed E-state index contributed by atoms with van der Waals surface area (Å²) in [7, 11) is 0. The SMILES string of the molecule is C=C(C)C1=C(C)C(C)CC(=O)C1. The van der Waals surface area contributed by atoms with E-state index >= 15 is 0 Å². The molecule has 0 amide bonds. The van der Waals surface area contributed by atoms with E-state index in [0.717, 1.165) is 5.57 Å². The Hall–Kier alpha value is -0.850. The molecule has 0 N–H and O–H groups in total. The summed E-state index contributed by atoms with van der Waals surface area (Å²) < 4.78 is 0.